The predicted octanol–water partition coefficient (Wildman–Crippen LogP) is 1.53. The third-order valence-corrected chi connectivity index (χ3v) is 1.56. The molecule has 8 heavy (non-hydrogen) atoms. The predicted molar refractivity (Wildman–Crippen MR) is 32.1 cm³/mol. The van der Waals surface area contributed by atoms with Gasteiger partial charge in [0.25, 0.3) is 0 Å². The second-order valence-electron chi connectivity index (χ2n) is 1.34. The van der Waals surface area contributed by atoms with Crippen LogP contribution in [0.15, 0.2) is 0 Å². The Morgan fingerprint density at radius 1 is 1.62 bits per heavy atom. The number of hydrogen-bond acceptors (Lipinski definition) is 1. The maximum absolute atomic E-state index is 5.53. The van der Waals surface area contributed by atoms with Gasteiger partial charge < -0.3 is 0 Å². The SMILES string of the molecule is Cn1n[c]c(Cl)c1Cl. The molecule has 1 aromatic rings. The van der Waals surface area contributed by atoms with Crippen molar-refractivity contribution in [3.05, 3.63) is 16.4 Å². The summed E-state index contributed by atoms with van der Waals surface area (Å²) in [5, 5.41) is 4.44. The molecule has 1 heterocycles. The third kappa shape index (κ3) is 0.812. The summed E-state index contributed by atoms with van der Waals surface area (Å²) in [6.07, 6.45) is 2.48. The molecule has 0 amide bonds. The van der Waals surface area contributed by atoms with Gasteiger partial charge in [0, 0.05) is 7.05 Å². The minimum absolute atomic E-state index is 0.370. The number of aromatic nitrogens is 2. The summed E-state index contributed by atoms with van der Waals surface area (Å²) >= 11 is 11.0. The molecule has 43 valence electrons. The summed E-state index contributed by atoms with van der Waals surface area (Å²) in [5.41, 5.74) is 0. The first-order valence-corrected chi connectivity index (χ1v) is 2.73. The minimum Gasteiger partial charge on any atom is -0.255 e. The number of hydrogen-bond donors (Lipinski definition) is 0. The fourth-order valence-electron chi connectivity index (χ4n) is 0.351. The van der Waals surface area contributed by atoms with Crippen molar-refractivity contribution in [2.24, 2.45) is 7.05 Å². The van der Waals surface area contributed by atoms with Gasteiger partial charge in [-0.2, -0.15) is 5.10 Å². The van der Waals surface area contributed by atoms with E-state index in [-0.39, 0.29) is 0 Å². The molecule has 0 bridgehead atoms. The van der Waals surface area contributed by atoms with Gasteiger partial charge in [-0.15, -0.1) is 0 Å². The lowest BCUT2D eigenvalue weighted by Gasteiger charge is -1.86. The monoisotopic (exact) mass is 149 g/mol. The van der Waals surface area contributed by atoms with E-state index < -0.39 is 0 Å². The fourth-order valence-corrected chi connectivity index (χ4v) is 0.591. The Hall–Kier alpha value is -0.210. The Labute approximate surface area is 57.0 Å². The van der Waals surface area contributed by atoms with E-state index in [0.717, 1.165) is 0 Å². The van der Waals surface area contributed by atoms with Gasteiger partial charge in [0.1, 0.15) is 16.4 Å². The van der Waals surface area contributed by atoms with Crippen LogP contribution in [0.1, 0.15) is 0 Å². The van der Waals surface area contributed by atoms with Crippen LogP contribution >= 0.6 is 23.2 Å². The van der Waals surface area contributed by atoms with Crippen LogP contribution in [0.5, 0.6) is 0 Å². The Balaban J connectivity index is 3.19. The lowest BCUT2D eigenvalue weighted by atomic mass is 10.7. The molecule has 0 aliphatic carbocycles. The molecule has 0 aromatic carbocycles. The highest BCUT2D eigenvalue weighted by Gasteiger charge is 2.00. The summed E-state index contributed by atoms with van der Waals surface area (Å²) in [6, 6.07) is 0. The van der Waals surface area contributed by atoms with Gasteiger partial charge in [0.2, 0.25) is 0 Å². The lowest BCUT2D eigenvalue weighted by Crippen LogP contribution is -1.87. The second kappa shape index (κ2) is 1.96. The van der Waals surface area contributed by atoms with E-state index in [0.29, 0.717) is 10.2 Å². The van der Waals surface area contributed by atoms with Crippen LogP contribution in [-0.2, 0) is 7.05 Å². The number of rotatable bonds is 0. The second-order valence-corrected chi connectivity index (χ2v) is 2.08. The van der Waals surface area contributed by atoms with E-state index >= 15 is 0 Å². The van der Waals surface area contributed by atoms with Gasteiger partial charge >= 0.3 is 0 Å². The maximum Gasteiger partial charge on any atom is 0.146 e. The summed E-state index contributed by atoms with van der Waals surface area (Å²) in [6.45, 7) is 0. The van der Waals surface area contributed by atoms with E-state index in [1.807, 2.05) is 0 Å². The lowest BCUT2D eigenvalue weighted by molar-refractivity contribution is 0.766. The van der Waals surface area contributed by atoms with E-state index in [9.17, 15) is 0 Å². The number of nitrogens with zero attached hydrogens (tertiary/aromatic N) is 2. The van der Waals surface area contributed by atoms with Crippen LogP contribution in [0.4, 0.5) is 0 Å². The van der Waals surface area contributed by atoms with Gasteiger partial charge in [0.15, 0.2) is 0 Å². The van der Waals surface area contributed by atoms with Crippen LogP contribution in [-0.4, -0.2) is 9.78 Å². The molecule has 0 saturated carbocycles. The summed E-state index contributed by atoms with van der Waals surface area (Å²) in [7, 11) is 1.70. The van der Waals surface area contributed by atoms with Crippen molar-refractivity contribution in [1.29, 1.82) is 0 Å². The van der Waals surface area contributed by atoms with E-state index in [1.165, 1.54) is 4.68 Å². The molecule has 4 heteroatoms. The molecule has 0 atom stereocenters. The van der Waals surface area contributed by atoms with Crippen LogP contribution in [0.2, 0.25) is 10.2 Å². The molecule has 2 nitrogen and oxygen atoms in total. The molecule has 1 aromatic heterocycles. The van der Waals surface area contributed by atoms with Gasteiger partial charge in [-0.05, 0) is 0 Å². The van der Waals surface area contributed by atoms with Gasteiger partial charge in [0.05, 0.1) is 0 Å². The molecule has 0 spiro atoms. The molecule has 0 saturated heterocycles. The zero-order chi connectivity index (χ0) is 6.15. The van der Waals surface area contributed by atoms with E-state index in [2.05, 4.69) is 11.3 Å². The third-order valence-electron chi connectivity index (χ3n) is 0.763. The Morgan fingerprint density at radius 3 is 2.38 bits per heavy atom. The smallest absolute Gasteiger partial charge is 0.146 e. The number of aryl methyl sites for hydroxylation is 1. The molecule has 1 rings (SSSR count). The normalized spacial score (nSPS) is 9.88. The van der Waals surface area contributed by atoms with Crippen molar-refractivity contribution in [3.63, 3.8) is 0 Å². The molecule has 0 aliphatic rings. The van der Waals surface area contributed by atoms with Crippen LogP contribution < -0.4 is 0 Å². The first-order valence-electron chi connectivity index (χ1n) is 1.97. The zero-order valence-electron chi connectivity index (χ0n) is 4.15. The van der Waals surface area contributed by atoms with Crippen molar-refractivity contribution in [3.8, 4) is 0 Å². The molecule has 0 unspecified atom stereocenters. The molecular weight excluding hydrogens is 147 g/mol. The standard InChI is InChI=1S/C4H3Cl2N2/c1-8-4(6)3(5)2-7-8/h1H3. The molecule has 1 radical (unpaired) electrons. The highest BCUT2D eigenvalue weighted by molar-refractivity contribution is 6.41. The largest absolute Gasteiger partial charge is 0.255 e. The first-order chi connectivity index (χ1) is 3.72. The minimum atomic E-state index is 0.370. The molecule has 0 aliphatic heterocycles. The Morgan fingerprint density at radius 2 is 2.25 bits per heavy atom. The van der Waals surface area contributed by atoms with E-state index in [1.54, 1.807) is 7.05 Å². The van der Waals surface area contributed by atoms with Crippen LogP contribution in [0, 0.1) is 6.20 Å². The van der Waals surface area contributed by atoms with Crippen LogP contribution in [0.25, 0.3) is 0 Å². The quantitative estimate of drug-likeness (QED) is 0.548. The molecule has 0 N–H and O–H groups in total. The van der Waals surface area contributed by atoms with Gasteiger partial charge in [-0.3, -0.25) is 4.68 Å². The fraction of sp³-hybridized carbons (Fsp3) is 0.250. The van der Waals surface area contributed by atoms with Crippen molar-refractivity contribution in [2.75, 3.05) is 0 Å². The Kier molecular flexibility index (Phi) is 1.45. The maximum atomic E-state index is 5.53. The van der Waals surface area contributed by atoms with Crippen molar-refractivity contribution in [2.45, 2.75) is 0 Å². The topological polar surface area (TPSA) is 17.8 Å². The summed E-state index contributed by atoms with van der Waals surface area (Å²) in [5.74, 6) is 0. The van der Waals surface area contributed by atoms with Crippen molar-refractivity contribution in [1.82, 2.24) is 9.78 Å². The zero-order valence-corrected chi connectivity index (χ0v) is 5.66. The highest BCUT2D eigenvalue weighted by Crippen LogP contribution is 2.17. The Bertz CT molecular complexity index is 174. The number of halogens is 2. The van der Waals surface area contributed by atoms with Crippen molar-refractivity contribution < 1.29 is 0 Å². The van der Waals surface area contributed by atoms with Gasteiger partial charge in [-0.25, -0.2) is 0 Å². The van der Waals surface area contributed by atoms with Crippen LogP contribution in [0.3, 0.4) is 0 Å². The highest BCUT2D eigenvalue weighted by atomic mass is 35.5. The van der Waals surface area contributed by atoms with E-state index in [4.69, 9.17) is 23.2 Å². The average Bonchev–Trinajstić information content (AvgIpc) is 1.98. The summed E-state index contributed by atoms with van der Waals surface area (Å²) in [4.78, 5) is 0. The van der Waals surface area contributed by atoms with Crippen molar-refractivity contribution >= 4 is 23.2 Å². The first kappa shape index (κ1) is 5.92. The summed E-state index contributed by atoms with van der Waals surface area (Å²) < 4.78 is 1.45. The van der Waals surface area contributed by atoms with Gasteiger partial charge in [-0.1, -0.05) is 23.2 Å². The molecular formula is C4H3Cl2N2. The molecule has 0 fully saturated rings. The average molecular weight is 150 g/mol.